The van der Waals surface area contributed by atoms with Gasteiger partial charge in [0.1, 0.15) is 6.54 Å². The van der Waals surface area contributed by atoms with Gasteiger partial charge in [-0.1, -0.05) is 46.0 Å². The summed E-state index contributed by atoms with van der Waals surface area (Å²) in [5.74, 6) is 0.445. The first-order chi connectivity index (χ1) is 9.64. The number of carboxylic acids is 1. The minimum Gasteiger partial charge on any atom is -0.477 e. The van der Waals surface area contributed by atoms with Crippen molar-refractivity contribution in [3.8, 4) is 0 Å². The van der Waals surface area contributed by atoms with Crippen LogP contribution in [0.4, 0.5) is 0 Å². The number of carbonyl (C=O) groups is 1. The molecule has 0 radical (unpaired) electrons. The van der Waals surface area contributed by atoms with Gasteiger partial charge >= 0.3 is 5.97 Å². The molecule has 0 saturated heterocycles. The Morgan fingerprint density at radius 3 is 2.50 bits per heavy atom. The molecule has 1 rings (SSSR count). The molecule has 0 aliphatic carbocycles. The van der Waals surface area contributed by atoms with E-state index in [1.165, 1.54) is 32.1 Å². The van der Waals surface area contributed by atoms with Crippen LogP contribution in [0.15, 0.2) is 4.99 Å². The van der Waals surface area contributed by atoms with Gasteiger partial charge < -0.3 is 5.11 Å². The lowest BCUT2D eigenvalue weighted by Gasteiger charge is -2.33. The van der Waals surface area contributed by atoms with E-state index in [1.54, 1.807) is 0 Å². The Hall–Kier alpha value is -0.900. The molecule has 4 nitrogen and oxygen atoms in total. The summed E-state index contributed by atoms with van der Waals surface area (Å²) in [6, 6.07) is 0. The van der Waals surface area contributed by atoms with Crippen molar-refractivity contribution in [2.75, 3.05) is 26.2 Å². The van der Waals surface area contributed by atoms with Gasteiger partial charge in [-0.3, -0.25) is 4.48 Å². The molecule has 0 aromatic heterocycles. The number of hydrogen-bond donors (Lipinski definition) is 1. The van der Waals surface area contributed by atoms with Gasteiger partial charge in [0.2, 0.25) is 0 Å². The number of aliphatic carboxylic acids is 1. The van der Waals surface area contributed by atoms with E-state index < -0.39 is 5.97 Å². The van der Waals surface area contributed by atoms with Crippen LogP contribution in [0.25, 0.3) is 0 Å². The molecule has 1 aliphatic rings. The SMILES string of the molecule is CCCCCCCCC1=NCC[N+]1(CCC)CC(=O)O. The van der Waals surface area contributed by atoms with Crippen molar-refractivity contribution in [1.82, 2.24) is 0 Å². The Morgan fingerprint density at radius 2 is 1.85 bits per heavy atom. The lowest BCUT2D eigenvalue weighted by atomic mass is 10.1. The Morgan fingerprint density at radius 1 is 1.15 bits per heavy atom. The minimum absolute atomic E-state index is 0.211. The first-order valence-electron chi connectivity index (χ1n) is 8.26. The van der Waals surface area contributed by atoms with Crippen molar-refractivity contribution >= 4 is 11.8 Å². The van der Waals surface area contributed by atoms with Crippen molar-refractivity contribution in [2.45, 2.75) is 65.2 Å². The Kier molecular flexibility index (Phi) is 7.82. The summed E-state index contributed by atoms with van der Waals surface area (Å²) >= 11 is 0. The fourth-order valence-corrected chi connectivity index (χ4v) is 3.21. The topological polar surface area (TPSA) is 49.7 Å². The molecule has 116 valence electrons. The highest BCUT2D eigenvalue weighted by molar-refractivity contribution is 5.80. The molecule has 0 bridgehead atoms. The zero-order valence-electron chi connectivity index (χ0n) is 13.2. The molecule has 1 aliphatic heterocycles. The summed E-state index contributed by atoms with van der Waals surface area (Å²) in [6.07, 6.45) is 9.64. The predicted molar refractivity (Wildman–Crippen MR) is 83.1 cm³/mol. The maximum Gasteiger partial charge on any atom is 0.359 e. The third-order valence-corrected chi connectivity index (χ3v) is 4.21. The molecule has 1 atom stereocenters. The van der Waals surface area contributed by atoms with Gasteiger partial charge in [0.15, 0.2) is 12.4 Å². The van der Waals surface area contributed by atoms with Gasteiger partial charge in [-0.25, -0.2) is 9.79 Å². The second-order valence-electron chi connectivity index (χ2n) is 5.96. The first kappa shape index (κ1) is 17.2. The van der Waals surface area contributed by atoms with Gasteiger partial charge in [-0.15, -0.1) is 0 Å². The quantitative estimate of drug-likeness (QED) is 0.466. The minimum atomic E-state index is -0.698. The number of carboxylic acid groups (broad SMARTS) is 1. The third kappa shape index (κ3) is 5.23. The largest absolute Gasteiger partial charge is 0.477 e. The van der Waals surface area contributed by atoms with Crippen LogP contribution in [0.2, 0.25) is 0 Å². The summed E-state index contributed by atoms with van der Waals surface area (Å²) < 4.78 is 0.612. The number of amidine groups is 1. The van der Waals surface area contributed by atoms with E-state index in [4.69, 9.17) is 0 Å². The van der Waals surface area contributed by atoms with E-state index >= 15 is 0 Å². The van der Waals surface area contributed by atoms with E-state index in [0.717, 1.165) is 44.7 Å². The van der Waals surface area contributed by atoms with Crippen LogP contribution in [-0.2, 0) is 4.79 Å². The van der Waals surface area contributed by atoms with Crippen LogP contribution in [0.5, 0.6) is 0 Å². The Balaban J connectivity index is 2.43. The highest BCUT2D eigenvalue weighted by Gasteiger charge is 2.38. The van der Waals surface area contributed by atoms with E-state index in [1.807, 2.05) is 0 Å². The van der Waals surface area contributed by atoms with E-state index in [9.17, 15) is 9.90 Å². The maximum atomic E-state index is 11.2. The molecule has 1 N–H and O–H groups in total. The van der Waals surface area contributed by atoms with Crippen molar-refractivity contribution in [1.29, 1.82) is 0 Å². The number of unbranched alkanes of at least 4 members (excludes halogenated alkanes) is 5. The Bertz CT molecular complexity index is 328. The number of quaternary nitrogens is 1. The molecule has 0 amide bonds. The van der Waals surface area contributed by atoms with Gasteiger partial charge in [0.05, 0.1) is 13.1 Å². The zero-order chi connectivity index (χ0) is 14.8. The zero-order valence-corrected chi connectivity index (χ0v) is 13.2. The molecule has 1 unspecified atom stereocenters. The average molecular weight is 283 g/mol. The Labute approximate surface area is 123 Å². The second kappa shape index (κ2) is 9.11. The molecular weight excluding hydrogens is 252 g/mol. The second-order valence-corrected chi connectivity index (χ2v) is 5.96. The van der Waals surface area contributed by atoms with E-state index in [2.05, 4.69) is 18.8 Å². The molecule has 0 aromatic carbocycles. The van der Waals surface area contributed by atoms with Crippen LogP contribution >= 0.6 is 0 Å². The van der Waals surface area contributed by atoms with Gasteiger partial charge in [0.25, 0.3) is 0 Å². The maximum absolute atomic E-state index is 11.2. The summed E-state index contributed by atoms with van der Waals surface area (Å²) in [6.45, 7) is 7.17. The molecule has 20 heavy (non-hydrogen) atoms. The highest BCUT2D eigenvalue weighted by Crippen LogP contribution is 2.21. The summed E-state index contributed by atoms with van der Waals surface area (Å²) in [4.78, 5) is 15.8. The lowest BCUT2D eigenvalue weighted by molar-refractivity contribution is -0.828. The summed E-state index contributed by atoms with van der Waals surface area (Å²) in [5, 5.41) is 9.18. The molecule has 0 aromatic rings. The van der Waals surface area contributed by atoms with Crippen LogP contribution in [0, 0.1) is 0 Å². The van der Waals surface area contributed by atoms with E-state index in [-0.39, 0.29) is 6.54 Å². The number of hydrogen-bond acceptors (Lipinski definition) is 2. The van der Waals surface area contributed by atoms with Gasteiger partial charge in [0, 0.05) is 6.42 Å². The monoisotopic (exact) mass is 283 g/mol. The number of rotatable bonds is 11. The van der Waals surface area contributed by atoms with Crippen LogP contribution in [-0.4, -0.2) is 47.6 Å². The fraction of sp³-hybridized carbons (Fsp3) is 0.875. The lowest BCUT2D eigenvalue weighted by Crippen LogP contribution is -2.54. The van der Waals surface area contributed by atoms with Gasteiger partial charge in [-0.05, 0) is 12.8 Å². The molecule has 0 fully saturated rings. The van der Waals surface area contributed by atoms with Crippen molar-refractivity contribution in [3.05, 3.63) is 0 Å². The van der Waals surface area contributed by atoms with Gasteiger partial charge in [-0.2, -0.15) is 0 Å². The van der Waals surface area contributed by atoms with Crippen LogP contribution in [0.1, 0.15) is 65.2 Å². The van der Waals surface area contributed by atoms with Crippen LogP contribution in [0.3, 0.4) is 0 Å². The molecular formula is C16H31N2O2+. The molecule has 4 heteroatoms. The molecule has 1 heterocycles. The molecule has 0 spiro atoms. The standard InChI is InChI=1S/C16H30N2O2/c1-3-5-6-7-8-9-10-15-17-11-13-18(15,12-4-2)14-16(19)20/h3-14H2,1-2H3/p+1. The average Bonchev–Trinajstić information content (AvgIpc) is 2.76. The smallest absolute Gasteiger partial charge is 0.359 e. The van der Waals surface area contributed by atoms with Crippen molar-refractivity contribution < 1.29 is 14.4 Å². The first-order valence-corrected chi connectivity index (χ1v) is 8.26. The number of aliphatic imine (C=N–C) groups is 1. The summed E-state index contributed by atoms with van der Waals surface area (Å²) in [5.41, 5.74) is 0. The third-order valence-electron chi connectivity index (χ3n) is 4.21. The normalized spacial score (nSPS) is 22.0. The van der Waals surface area contributed by atoms with Crippen LogP contribution < -0.4 is 0 Å². The number of nitrogens with zero attached hydrogens (tertiary/aromatic N) is 2. The molecule has 0 saturated carbocycles. The van der Waals surface area contributed by atoms with E-state index in [0.29, 0.717) is 4.48 Å². The summed E-state index contributed by atoms with van der Waals surface area (Å²) in [7, 11) is 0. The highest BCUT2D eigenvalue weighted by atomic mass is 16.4. The van der Waals surface area contributed by atoms with Crippen molar-refractivity contribution in [2.24, 2.45) is 4.99 Å². The van der Waals surface area contributed by atoms with Crippen molar-refractivity contribution in [3.63, 3.8) is 0 Å². The fourth-order valence-electron chi connectivity index (χ4n) is 3.21. The predicted octanol–water partition coefficient (Wildman–Crippen LogP) is 3.46.